The molecule has 0 saturated carbocycles. The van der Waals surface area contributed by atoms with Gasteiger partial charge in [0.1, 0.15) is 5.75 Å². The summed E-state index contributed by atoms with van der Waals surface area (Å²) in [6.07, 6.45) is 0. The van der Waals surface area contributed by atoms with E-state index in [9.17, 15) is 9.90 Å². The predicted octanol–water partition coefficient (Wildman–Crippen LogP) is 6.08. The number of carbonyl (C=O) groups is 1. The van der Waals surface area contributed by atoms with Gasteiger partial charge in [-0.1, -0.05) is 73.6 Å². The molecule has 164 valence electrons. The molecular weight excluding hydrogens is 372 g/mol. The fraction of sp³-hybridized carbons (Fsp3) is 0.500. The molecule has 1 amide bonds. The van der Waals surface area contributed by atoms with Gasteiger partial charge in [0.2, 0.25) is 0 Å². The highest BCUT2D eigenvalue weighted by Gasteiger charge is 2.27. The van der Waals surface area contributed by atoms with Crippen LogP contribution in [0.2, 0.25) is 0 Å². The van der Waals surface area contributed by atoms with Gasteiger partial charge in [-0.3, -0.25) is 9.69 Å². The van der Waals surface area contributed by atoms with Crippen molar-refractivity contribution in [2.75, 3.05) is 18.4 Å². The lowest BCUT2D eigenvalue weighted by Gasteiger charge is -2.27. The average molecular weight is 411 g/mol. The van der Waals surface area contributed by atoms with Crippen LogP contribution in [0.25, 0.3) is 0 Å². The Labute approximate surface area is 182 Å². The quantitative estimate of drug-likeness (QED) is 0.607. The number of benzene rings is 2. The van der Waals surface area contributed by atoms with E-state index < -0.39 is 0 Å². The minimum atomic E-state index is -0.288. The molecule has 30 heavy (non-hydrogen) atoms. The van der Waals surface area contributed by atoms with Crippen molar-refractivity contribution in [2.24, 2.45) is 0 Å². The highest BCUT2D eigenvalue weighted by Crippen LogP contribution is 2.38. The molecule has 0 heterocycles. The molecule has 0 aliphatic rings. The van der Waals surface area contributed by atoms with E-state index in [2.05, 4.69) is 50.9 Å². The fourth-order valence-corrected chi connectivity index (χ4v) is 3.46. The SMILES string of the molecule is CCN(CC)Cc1cccc(NC(=O)c2cc(C(C)(C)C)cc(C(C)(C)C)c2O)c1. The van der Waals surface area contributed by atoms with E-state index >= 15 is 0 Å². The number of aromatic hydroxyl groups is 1. The number of nitrogens with one attached hydrogen (secondary N) is 1. The third-order valence-electron chi connectivity index (χ3n) is 5.51. The zero-order chi connectivity index (χ0) is 22.7. The van der Waals surface area contributed by atoms with Crippen molar-refractivity contribution in [1.82, 2.24) is 4.90 Å². The Morgan fingerprint density at radius 2 is 1.60 bits per heavy atom. The van der Waals surface area contributed by atoms with Gasteiger partial charge in [0.05, 0.1) is 5.56 Å². The van der Waals surface area contributed by atoms with Crippen LogP contribution < -0.4 is 5.32 Å². The van der Waals surface area contributed by atoms with Gasteiger partial charge in [-0.15, -0.1) is 0 Å². The van der Waals surface area contributed by atoms with Gasteiger partial charge in [-0.25, -0.2) is 0 Å². The topological polar surface area (TPSA) is 52.6 Å². The van der Waals surface area contributed by atoms with Crippen LogP contribution >= 0.6 is 0 Å². The van der Waals surface area contributed by atoms with Gasteiger partial charge < -0.3 is 10.4 Å². The zero-order valence-electron chi connectivity index (χ0n) is 19.9. The highest BCUT2D eigenvalue weighted by molar-refractivity contribution is 6.06. The van der Waals surface area contributed by atoms with E-state index in [0.717, 1.165) is 42.0 Å². The first-order valence-electron chi connectivity index (χ1n) is 10.9. The smallest absolute Gasteiger partial charge is 0.259 e. The maximum atomic E-state index is 13.2. The van der Waals surface area contributed by atoms with Crippen LogP contribution in [0.1, 0.15) is 82.4 Å². The molecule has 0 aliphatic carbocycles. The van der Waals surface area contributed by atoms with E-state index in [4.69, 9.17) is 0 Å². The van der Waals surface area contributed by atoms with E-state index in [0.29, 0.717) is 5.56 Å². The molecule has 2 aromatic carbocycles. The molecule has 0 aromatic heterocycles. The van der Waals surface area contributed by atoms with Gasteiger partial charge in [-0.2, -0.15) is 0 Å². The number of carbonyl (C=O) groups excluding carboxylic acids is 1. The first kappa shape index (κ1) is 23.9. The van der Waals surface area contributed by atoms with Crippen molar-refractivity contribution in [2.45, 2.75) is 72.8 Å². The number of anilines is 1. The number of hydrogen-bond acceptors (Lipinski definition) is 3. The lowest BCUT2D eigenvalue weighted by molar-refractivity contribution is 0.102. The summed E-state index contributed by atoms with van der Waals surface area (Å²) >= 11 is 0. The minimum absolute atomic E-state index is 0.0623. The molecule has 0 unspecified atom stereocenters. The van der Waals surface area contributed by atoms with Crippen molar-refractivity contribution < 1.29 is 9.90 Å². The number of amides is 1. The Hall–Kier alpha value is -2.33. The second-order valence-electron chi connectivity index (χ2n) is 10.0. The van der Waals surface area contributed by atoms with Gasteiger partial charge in [0.25, 0.3) is 5.91 Å². The number of rotatable bonds is 6. The average Bonchev–Trinajstić information content (AvgIpc) is 2.64. The molecule has 0 saturated heterocycles. The van der Waals surface area contributed by atoms with Crippen LogP contribution in [0, 0.1) is 0 Å². The summed E-state index contributed by atoms with van der Waals surface area (Å²) in [7, 11) is 0. The highest BCUT2D eigenvalue weighted by atomic mass is 16.3. The van der Waals surface area contributed by atoms with E-state index in [1.807, 2.05) is 51.1 Å². The summed E-state index contributed by atoms with van der Waals surface area (Å²) in [5.41, 5.74) is 3.63. The molecule has 2 rings (SSSR count). The van der Waals surface area contributed by atoms with Crippen LogP contribution in [0.3, 0.4) is 0 Å². The van der Waals surface area contributed by atoms with Gasteiger partial charge in [-0.05, 0) is 53.2 Å². The molecule has 0 aliphatic heterocycles. The maximum Gasteiger partial charge on any atom is 0.259 e. The molecule has 0 spiro atoms. The van der Waals surface area contributed by atoms with Crippen LogP contribution in [-0.2, 0) is 17.4 Å². The predicted molar refractivity (Wildman–Crippen MR) is 127 cm³/mol. The van der Waals surface area contributed by atoms with Crippen LogP contribution in [0.15, 0.2) is 36.4 Å². The number of nitrogens with zero attached hydrogens (tertiary/aromatic N) is 1. The summed E-state index contributed by atoms with van der Waals surface area (Å²) in [5, 5.41) is 13.9. The number of phenolic OH excluding ortho intramolecular Hbond substituents is 1. The molecule has 0 fully saturated rings. The molecule has 0 bridgehead atoms. The van der Waals surface area contributed by atoms with E-state index in [-0.39, 0.29) is 22.5 Å². The third kappa shape index (κ3) is 5.85. The molecule has 4 nitrogen and oxygen atoms in total. The van der Waals surface area contributed by atoms with Crippen LogP contribution in [0.4, 0.5) is 5.69 Å². The second-order valence-corrected chi connectivity index (χ2v) is 10.0. The number of hydrogen-bond donors (Lipinski definition) is 2. The first-order valence-corrected chi connectivity index (χ1v) is 10.9. The second kappa shape index (κ2) is 9.22. The molecular formula is C26H38N2O2. The zero-order valence-corrected chi connectivity index (χ0v) is 19.9. The fourth-order valence-electron chi connectivity index (χ4n) is 3.46. The standard InChI is InChI=1S/C26H38N2O2/c1-9-28(10-2)17-18-12-11-13-20(14-18)27-24(30)21-15-19(25(3,4)5)16-22(23(21)29)26(6,7)8/h11-16,29H,9-10,17H2,1-8H3,(H,27,30). The molecule has 2 N–H and O–H groups in total. The molecule has 4 heteroatoms. The summed E-state index contributed by atoms with van der Waals surface area (Å²) in [6, 6.07) is 11.8. The minimum Gasteiger partial charge on any atom is -0.507 e. The third-order valence-corrected chi connectivity index (χ3v) is 5.51. The van der Waals surface area contributed by atoms with Crippen molar-refractivity contribution in [1.29, 1.82) is 0 Å². The first-order chi connectivity index (χ1) is 13.9. The number of phenols is 1. The van der Waals surface area contributed by atoms with Gasteiger partial charge in [0, 0.05) is 17.8 Å². The normalized spacial score (nSPS) is 12.3. The summed E-state index contributed by atoms with van der Waals surface area (Å²) in [6.45, 7) is 19.6. The molecule has 0 atom stereocenters. The van der Waals surface area contributed by atoms with Crippen molar-refractivity contribution in [3.05, 3.63) is 58.7 Å². The monoisotopic (exact) mass is 410 g/mol. The Kier molecular flexibility index (Phi) is 7.36. The summed E-state index contributed by atoms with van der Waals surface area (Å²) in [5.74, 6) is -0.226. The van der Waals surface area contributed by atoms with Crippen molar-refractivity contribution >= 4 is 11.6 Å². The van der Waals surface area contributed by atoms with E-state index in [1.54, 1.807) is 0 Å². The van der Waals surface area contributed by atoms with Crippen LogP contribution in [0.5, 0.6) is 5.75 Å². The molecule has 0 radical (unpaired) electrons. The Bertz CT molecular complexity index is 885. The Morgan fingerprint density at radius 1 is 0.967 bits per heavy atom. The Balaban J connectivity index is 2.39. The lowest BCUT2D eigenvalue weighted by atomic mass is 9.79. The van der Waals surface area contributed by atoms with Crippen molar-refractivity contribution in [3.8, 4) is 5.75 Å². The van der Waals surface area contributed by atoms with Gasteiger partial charge in [0.15, 0.2) is 0 Å². The van der Waals surface area contributed by atoms with Gasteiger partial charge >= 0.3 is 0 Å². The maximum absolute atomic E-state index is 13.2. The molecule has 2 aromatic rings. The Morgan fingerprint density at radius 3 is 2.13 bits per heavy atom. The van der Waals surface area contributed by atoms with Crippen molar-refractivity contribution in [3.63, 3.8) is 0 Å². The lowest BCUT2D eigenvalue weighted by Crippen LogP contribution is -2.22. The summed E-state index contributed by atoms with van der Waals surface area (Å²) < 4.78 is 0. The van der Waals surface area contributed by atoms with Crippen LogP contribution in [-0.4, -0.2) is 29.0 Å². The van der Waals surface area contributed by atoms with E-state index in [1.165, 1.54) is 0 Å². The summed E-state index contributed by atoms with van der Waals surface area (Å²) in [4.78, 5) is 15.5. The largest absolute Gasteiger partial charge is 0.507 e.